The summed E-state index contributed by atoms with van der Waals surface area (Å²) in [7, 11) is 0. The molecule has 15 heavy (non-hydrogen) atoms. The number of rotatable bonds is 3. The van der Waals surface area contributed by atoms with Crippen molar-refractivity contribution in [2.45, 2.75) is 12.8 Å². The fourth-order valence-electron chi connectivity index (χ4n) is 1.02. The normalized spacial score (nSPS) is 10.7. The summed E-state index contributed by atoms with van der Waals surface area (Å²) in [5, 5.41) is 8.39. The molecule has 0 aliphatic carbocycles. The number of aromatic nitrogens is 1. The summed E-state index contributed by atoms with van der Waals surface area (Å²) in [5.74, 6) is -1.43. The molecule has 0 fully saturated rings. The van der Waals surface area contributed by atoms with E-state index in [4.69, 9.17) is 22.4 Å². The third-order valence-corrected chi connectivity index (χ3v) is 2.01. The van der Waals surface area contributed by atoms with Gasteiger partial charge in [0, 0.05) is 5.56 Å². The van der Waals surface area contributed by atoms with Gasteiger partial charge in [-0.1, -0.05) is 11.6 Å². The number of aliphatic carboxylic acids is 1. The maximum atomic E-state index is 12.2. The standard InChI is InChI=1S/C8H7ClF2N2O2/c9-4-2-5(7(10)11)13-8(12)3(4)1-6(14)15/h2,7H,1H2,(H2,12,13)(H,14,15). The lowest BCUT2D eigenvalue weighted by molar-refractivity contribution is -0.136. The van der Waals surface area contributed by atoms with Crippen molar-refractivity contribution in [2.75, 3.05) is 5.73 Å². The van der Waals surface area contributed by atoms with Crippen LogP contribution in [0.3, 0.4) is 0 Å². The van der Waals surface area contributed by atoms with Crippen LogP contribution in [0.2, 0.25) is 5.02 Å². The number of nitrogens with two attached hydrogens (primary N) is 1. The van der Waals surface area contributed by atoms with Gasteiger partial charge in [0.25, 0.3) is 6.43 Å². The monoisotopic (exact) mass is 236 g/mol. The number of nitrogen functional groups attached to an aromatic ring is 1. The molecule has 0 aromatic carbocycles. The molecule has 0 atom stereocenters. The molecule has 0 aliphatic heterocycles. The van der Waals surface area contributed by atoms with Crippen LogP contribution >= 0.6 is 11.6 Å². The van der Waals surface area contributed by atoms with Crippen molar-refractivity contribution >= 4 is 23.4 Å². The summed E-state index contributed by atoms with van der Waals surface area (Å²) < 4.78 is 24.5. The Bertz CT molecular complexity index is 375. The SMILES string of the molecule is Nc1nc(C(F)F)cc(Cl)c1CC(=O)O. The van der Waals surface area contributed by atoms with E-state index in [0.717, 1.165) is 6.07 Å². The first-order chi connectivity index (χ1) is 6.91. The van der Waals surface area contributed by atoms with Crippen LogP contribution in [0.4, 0.5) is 14.6 Å². The molecule has 0 unspecified atom stereocenters. The number of nitrogens with zero attached hydrogens (tertiary/aromatic N) is 1. The van der Waals surface area contributed by atoms with E-state index in [1.54, 1.807) is 0 Å². The molecule has 82 valence electrons. The van der Waals surface area contributed by atoms with Gasteiger partial charge in [0.2, 0.25) is 0 Å². The van der Waals surface area contributed by atoms with Gasteiger partial charge < -0.3 is 10.8 Å². The Morgan fingerprint density at radius 2 is 2.27 bits per heavy atom. The molecule has 0 spiro atoms. The van der Waals surface area contributed by atoms with Crippen molar-refractivity contribution in [3.05, 3.63) is 22.3 Å². The van der Waals surface area contributed by atoms with Gasteiger partial charge in [0.15, 0.2) is 0 Å². The Morgan fingerprint density at radius 1 is 1.67 bits per heavy atom. The van der Waals surface area contributed by atoms with E-state index in [1.807, 2.05) is 0 Å². The van der Waals surface area contributed by atoms with Crippen molar-refractivity contribution in [3.8, 4) is 0 Å². The second-order valence-electron chi connectivity index (χ2n) is 2.76. The number of carbonyl (C=O) groups is 1. The quantitative estimate of drug-likeness (QED) is 0.840. The summed E-state index contributed by atoms with van der Waals surface area (Å²) in [5.41, 5.74) is 4.80. The van der Waals surface area contributed by atoms with Crippen LogP contribution < -0.4 is 5.73 Å². The highest BCUT2D eigenvalue weighted by molar-refractivity contribution is 6.31. The van der Waals surface area contributed by atoms with Gasteiger partial charge in [0.1, 0.15) is 11.5 Å². The van der Waals surface area contributed by atoms with Gasteiger partial charge >= 0.3 is 5.97 Å². The van der Waals surface area contributed by atoms with Gasteiger partial charge in [-0.05, 0) is 6.07 Å². The predicted octanol–water partition coefficient (Wildman–Crippen LogP) is 1.88. The van der Waals surface area contributed by atoms with Gasteiger partial charge in [-0.15, -0.1) is 0 Å². The van der Waals surface area contributed by atoms with Crippen LogP contribution in [0, 0.1) is 0 Å². The Balaban J connectivity index is 3.15. The first-order valence-corrected chi connectivity index (χ1v) is 4.24. The highest BCUT2D eigenvalue weighted by Gasteiger charge is 2.16. The average Bonchev–Trinajstić information content (AvgIpc) is 2.10. The predicted molar refractivity (Wildman–Crippen MR) is 50.0 cm³/mol. The molecule has 4 nitrogen and oxygen atoms in total. The van der Waals surface area contributed by atoms with Crippen molar-refractivity contribution in [3.63, 3.8) is 0 Å². The number of hydrogen-bond donors (Lipinski definition) is 2. The second kappa shape index (κ2) is 4.39. The maximum absolute atomic E-state index is 12.2. The van der Waals surface area contributed by atoms with E-state index < -0.39 is 24.5 Å². The van der Waals surface area contributed by atoms with E-state index >= 15 is 0 Å². The van der Waals surface area contributed by atoms with Crippen molar-refractivity contribution in [2.24, 2.45) is 0 Å². The summed E-state index contributed by atoms with van der Waals surface area (Å²) in [6.07, 6.45) is -3.23. The molecule has 1 heterocycles. The third kappa shape index (κ3) is 2.76. The van der Waals surface area contributed by atoms with Gasteiger partial charge in [-0.25, -0.2) is 13.8 Å². The molecular weight excluding hydrogens is 230 g/mol. The summed E-state index contributed by atoms with van der Waals surface area (Å²) in [6, 6.07) is 0.918. The third-order valence-electron chi connectivity index (χ3n) is 1.67. The molecule has 1 rings (SSSR count). The molecule has 1 aromatic heterocycles. The lowest BCUT2D eigenvalue weighted by Gasteiger charge is -2.07. The number of anilines is 1. The maximum Gasteiger partial charge on any atom is 0.308 e. The first kappa shape index (κ1) is 11.6. The molecule has 0 radical (unpaired) electrons. The van der Waals surface area contributed by atoms with Gasteiger partial charge in [0.05, 0.1) is 11.4 Å². The van der Waals surface area contributed by atoms with Crippen molar-refractivity contribution in [1.29, 1.82) is 0 Å². The number of carboxylic acid groups (broad SMARTS) is 1. The molecule has 3 N–H and O–H groups in total. The van der Waals surface area contributed by atoms with Crippen LogP contribution in [0.25, 0.3) is 0 Å². The molecule has 1 aromatic rings. The Kier molecular flexibility index (Phi) is 3.41. The van der Waals surface area contributed by atoms with Crippen LogP contribution in [0.1, 0.15) is 17.7 Å². The van der Waals surface area contributed by atoms with E-state index in [9.17, 15) is 13.6 Å². The van der Waals surface area contributed by atoms with Crippen LogP contribution in [-0.2, 0) is 11.2 Å². The Labute approximate surface area is 88.7 Å². The molecule has 0 bridgehead atoms. The molecule has 7 heteroatoms. The molecular formula is C8H7ClF2N2O2. The van der Waals surface area contributed by atoms with E-state index in [0.29, 0.717) is 0 Å². The van der Waals surface area contributed by atoms with E-state index in [2.05, 4.69) is 4.98 Å². The average molecular weight is 237 g/mol. The molecule has 0 aliphatic rings. The fraction of sp³-hybridized carbons (Fsp3) is 0.250. The highest BCUT2D eigenvalue weighted by Crippen LogP contribution is 2.27. The van der Waals surface area contributed by atoms with Crippen LogP contribution in [0.5, 0.6) is 0 Å². The van der Waals surface area contributed by atoms with Gasteiger partial charge in [-0.3, -0.25) is 4.79 Å². The number of carboxylic acids is 1. The summed E-state index contributed by atoms with van der Waals surface area (Å²) in [6.45, 7) is 0. The van der Waals surface area contributed by atoms with Gasteiger partial charge in [-0.2, -0.15) is 0 Å². The fourth-order valence-corrected chi connectivity index (χ4v) is 1.29. The van der Waals surface area contributed by atoms with E-state index in [-0.39, 0.29) is 16.4 Å². The number of pyridine rings is 1. The first-order valence-electron chi connectivity index (χ1n) is 3.86. The second-order valence-corrected chi connectivity index (χ2v) is 3.17. The molecule has 0 amide bonds. The molecule has 0 saturated carbocycles. The molecule has 0 saturated heterocycles. The summed E-state index contributed by atoms with van der Waals surface area (Å²) >= 11 is 5.61. The van der Waals surface area contributed by atoms with E-state index in [1.165, 1.54) is 0 Å². The van der Waals surface area contributed by atoms with Crippen LogP contribution in [-0.4, -0.2) is 16.1 Å². The highest BCUT2D eigenvalue weighted by atomic mass is 35.5. The smallest absolute Gasteiger partial charge is 0.308 e. The minimum Gasteiger partial charge on any atom is -0.481 e. The largest absolute Gasteiger partial charge is 0.481 e. The number of alkyl halides is 2. The lowest BCUT2D eigenvalue weighted by Crippen LogP contribution is -2.07. The topological polar surface area (TPSA) is 76.2 Å². The number of halogens is 3. The van der Waals surface area contributed by atoms with Crippen molar-refractivity contribution in [1.82, 2.24) is 4.98 Å². The van der Waals surface area contributed by atoms with Crippen LogP contribution in [0.15, 0.2) is 6.07 Å². The minimum absolute atomic E-state index is 0.0496. The minimum atomic E-state index is -2.79. The zero-order valence-corrected chi connectivity index (χ0v) is 8.13. The Hall–Kier alpha value is -1.43. The van der Waals surface area contributed by atoms with Crippen molar-refractivity contribution < 1.29 is 18.7 Å². The number of hydrogen-bond acceptors (Lipinski definition) is 3. The Morgan fingerprint density at radius 3 is 2.67 bits per heavy atom. The summed E-state index contributed by atoms with van der Waals surface area (Å²) in [4.78, 5) is 13.8. The zero-order valence-electron chi connectivity index (χ0n) is 7.38. The zero-order chi connectivity index (χ0) is 11.6. The lowest BCUT2D eigenvalue weighted by atomic mass is 10.1.